The summed E-state index contributed by atoms with van der Waals surface area (Å²) >= 11 is 0. The lowest BCUT2D eigenvalue weighted by Crippen LogP contribution is -2.45. The molecule has 0 heterocycles. The van der Waals surface area contributed by atoms with E-state index in [0.29, 0.717) is 6.42 Å². The molecule has 0 bridgehead atoms. The van der Waals surface area contributed by atoms with Crippen LogP contribution >= 0.6 is 0 Å². The van der Waals surface area contributed by atoms with Gasteiger partial charge in [0.15, 0.2) is 0 Å². The number of hydrogen-bond donors (Lipinski definition) is 3. The highest BCUT2D eigenvalue weighted by atomic mass is 16.3. The lowest BCUT2D eigenvalue weighted by atomic mass is 10.1. The highest BCUT2D eigenvalue weighted by Crippen LogP contribution is 2.13. The number of nitrogens with one attached hydrogen (secondary N) is 1. The van der Waals surface area contributed by atoms with Crippen molar-refractivity contribution in [3.8, 4) is 0 Å². The Morgan fingerprint density at radius 1 is 0.385 bits per heavy atom. The molecule has 0 aromatic carbocycles. The fourth-order valence-electron chi connectivity index (χ4n) is 7.28. The van der Waals surface area contributed by atoms with Crippen molar-refractivity contribution in [2.45, 2.75) is 238 Å². The van der Waals surface area contributed by atoms with Gasteiger partial charge in [0.2, 0.25) is 5.91 Å². The van der Waals surface area contributed by atoms with Crippen LogP contribution in [0.4, 0.5) is 0 Å². The lowest BCUT2D eigenvalue weighted by molar-refractivity contribution is -0.123. The second-order valence-electron chi connectivity index (χ2n) is 17.5. The molecule has 4 heteroatoms. The third-order valence-electron chi connectivity index (χ3n) is 11.3. The van der Waals surface area contributed by atoms with Gasteiger partial charge in [0.1, 0.15) is 0 Å². The molecule has 0 aliphatic heterocycles. The Kier molecular flexibility index (Phi) is 51.9. The van der Waals surface area contributed by atoms with Crippen LogP contribution < -0.4 is 5.32 Å². The fraction of sp³-hybridized carbons (Fsp3) is 0.623. The normalized spacial score (nSPS) is 14.0. The van der Waals surface area contributed by atoms with Gasteiger partial charge in [-0.15, -0.1) is 0 Å². The third kappa shape index (κ3) is 51.4. The second kappa shape index (κ2) is 54.9. The number of hydrogen-bond acceptors (Lipinski definition) is 3. The Bertz CT molecular complexity index is 1340. The third-order valence-corrected chi connectivity index (χ3v) is 11.3. The molecule has 4 nitrogen and oxygen atoms in total. The largest absolute Gasteiger partial charge is 0.394 e. The summed E-state index contributed by atoms with van der Waals surface area (Å²) in [6, 6.07) is -0.660. The Labute approximate surface area is 402 Å². The molecule has 0 aromatic rings. The predicted molar refractivity (Wildman–Crippen MR) is 289 cm³/mol. The van der Waals surface area contributed by atoms with Crippen LogP contribution in [0.3, 0.4) is 0 Å². The summed E-state index contributed by atoms with van der Waals surface area (Å²) in [5.74, 6) is -0.0922. The second-order valence-corrected chi connectivity index (χ2v) is 17.5. The molecular weight excluding hydrogens is 795 g/mol. The van der Waals surface area contributed by atoms with Crippen LogP contribution in [-0.2, 0) is 4.79 Å². The van der Waals surface area contributed by atoms with Gasteiger partial charge in [0.05, 0.1) is 18.8 Å². The minimum Gasteiger partial charge on any atom is -0.394 e. The molecular formula is C61H101NO3. The smallest absolute Gasteiger partial charge is 0.220 e. The molecule has 2 unspecified atom stereocenters. The van der Waals surface area contributed by atoms with Crippen LogP contribution in [0.2, 0.25) is 0 Å². The van der Waals surface area contributed by atoms with Gasteiger partial charge in [0, 0.05) is 6.42 Å². The number of carbonyl (C=O) groups is 1. The highest BCUT2D eigenvalue weighted by Gasteiger charge is 2.17. The molecule has 0 aliphatic rings. The maximum atomic E-state index is 12.5. The Morgan fingerprint density at radius 3 is 1.08 bits per heavy atom. The monoisotopic (exact) mass is 896 g/mol. The van der Waals surface area contributed by atoms with Crippen molar-refractivity contribution in [2.75, 3.05) is 6.61 Å². The van der Waals surface area contributed by atoms with Gasteiger partial charge in [-0.2, -0.15) is 0 Å². The number of aliphatic hydroxyl groups excluding tert-OH is 2. The maximum Gasteiger partial charge on any atom is 0.220 e. The summed E-state index contributed by atoms with van der Waals surface area (Å²) in [5, 5.41) is 23.1. The molecule has 2 atom stereocenters. The first-order chi connectivity index (χ1) is 32.2. The number of amides is 1. The van der Waals surface area contributed by atoms with Crippen molar-refractivity contribution in [2.24, 2.45) is 0 Å². The van der Waals surface area contributed by atoms with E-state index in [2.05, 4.69) is 141 Å². The van der Waals surface area contributed by atoms with E-state index in [1.54, 1.807) is 6.08 Å². The van der Waals surface area contributed by atoms with Gasteiger partial charge >= 0.3 is 0 Å². The quantitative estimate of drug-likeness (QED) is 0.0421. The van der Waals surface area contributed by atoms with Crippen molar-refractivity contribution in [1.29, 1.82) is 0 Å². The van der Waals surface area contributed by atoms with E-state index in [-0.39, 0.29) is 12.5 Å². The zero-order chi connectivity index (χ0) is 47.0. The summed E-state index contributed by atoms with van der Waals surface area (Å²) in [6.45, 7) is 4.17. The zero-order valence-corrected chi connectivity index (χ0v) is 42.2. The van der Waals surface area contributed by atoms with Gasteiger partial charge in [-0.25, -0.2) is 0 Å². The van der Waals surface area contributed by atoms with Crippen LogP contribution in [0, 0.1) is 0 Å². The first-order valence-electron chi connectivity index (χ1n) is 26.9. The summed E-state index contributed by atoms with van der Waals surface area (Å²) in [7, 11) is 0. The van der Waals surface area contributed by atoms with E-state index in [1.807, 2.05) is 6.08 Å². The number of aliphatic hydroxyl groups is 2. The lowest BCUT2D eigenvalue weighted by Gasteiger charge is -2.19. The molecule has 0 spiro atoms. The maximum absolute atomic E-state index is 12.5. The van der Waals surface area contributed by atoms with E-state index in [0.717, 1.165) is 103 Å². The van der Waals surface area contributed by atoms with E-state index >= 15 is 0 Å². The average molecular weight is 896 g/mol. The number of allylic oxidation sites excluding steroid dienone is 21. The molecule has 0 saturated carbocycles. The van der Waals surface area contributed by atoms with Crippen molar-refractivity contribution in [3.63, 3.8) is 0 Å². The summed E-state index contributed by atoms with van der Waals surface area (Å²) in [4.78, 5) is 12.5. The molecule has 0 radical (unpaired) electrons. The van der Waals surface area contributed by atoms with E-state index in [1.165, 1.54) is 103 Å². The number of unbranched alkanes of at least 4 members (excludes halogenated alkanes) is 20. The summed E-state index contributed by atoms with van der Waals surface area (Å²) < 4.78 is 0. The highest BCUT2D eigenvalue weighted by molar-refractivity contribution is 5.76. The first-order valence-corrected chi connectivity index (χ1v) is 26.9. The van der Waals surface area contributed by atoms with E-state index in [9.17, 15) is 15.0 Å². The van der Waals surface area contributed by atoms with E-state index in [4.69, 9.17) is 0 Å². The fourth-order valence-corrected chi connectivity index (χ4v) is 7.28. The van der Waals surface area contributed by atoms with Gasteiger partial charge < -0.3 is 15.5 Å². The Hall–Kier alpha value is -3.47. The average Bonchev–Trinajstić information content (AvgIpc) is 3.31. The Balaban J connectivity index is 3.68. The number of rotatable bonds is 47. The van der Waals surface area contributed by atoms with Crippen LogP contribution in [-0.4, -0.2) is 34.9 Å². The Morgan fingerprint density at radius 2 is 0.692 bits per heavy atom. The number of carbonyl (C=O) groups excluding carboxylic acids is 1. The van der Waals surface area contributed by atoms with Crippen molar-refractivity contribution < 1.29 is 15.0 Å². The zero-order valence-electron chi connectivity index (χ0n) is 42.2. The molecule has 1 amide bonds. The standard InChI is InChI=1S/C61H101NO3/c1-3-5-7-9-11-13-15-17-19-21-23-25-26-27-28-29-30-31-32-33-34-35-36-37-39-41-43-45-47-49-51-53-55-57-61(65)62-59(58-63)60(64)56-54-52-50-48-46-44-42-40-38-24-22-20-18-16-14-12-10-8-6-4-2/h5,7,11,13,17,19,23,25,27-28,30-31,33-34,36-38,40,46,48,54,56,59-60,63-64H,3-4,6,8-10,12,14-16,18,20-22,24,26,29,32,35,39,41-45,47,49-53,55,57-58H2,1-2H3,(H,62,65)/b7-5-,13-11-,19-17-,25-23-,28-27-,31-30-,34-33-,37-36-,40-38+,48-46+,56-54+. The molecule has 0 fully saturated rings. The van der Waals surface area contributed by atoms with Crippen LogP contribution in [0.1, 0.15) is 226 Å². The van der Waals surface area contributed by atoms with Crippen LogP contribution in [0.25, 0.3) is 0 Å². The summed E-state index contributed by atoms with van der Waals surface area (Å²) in [6.07, 6.45) is 85.9. The van der Waals surface area contributed by atoms with Crippen LogP contribution in [0.5, 0.6) is 0 Å². The van der Waals surface area contributed by atoms with E-state index < -0.39 is 12.1 Å². The topological polar surface area (TPSA) is 69.6 Å². The molecule has 3 N–H and O–H groups in total. The minimum atomic E-state index is -0.884. The van der Waals surface area contributed by atoms with Gasteiger partial charge in [0.25, 0.3) is 0 Å². The van der Waals surface area contributed by atoms with Gasteiger partial charge in [-0.3, -0.25) is 4.79 Å². The van der Waals surface area contributed by atoms with Crippen LogP contribution in [0.15, 0.2) is 134 Å². The molecule has 0 aromatic heterocycles. The summed E-state index contributed by atoms with van der Waals surface area (Å²) in [5.41, 5.74) is 0. The van der Waals surface area contributed by atoms with Gasteiger partial charge in [-0.1, -0.05) is 244 Å². The van der Waals surface area contributed by atoms with Crippen molar-refractivity contribution in [3.05, 3.63) is 134 Å². The van der Waals surface area contributed by atoms with Crippen molar-refractivity contribution in [1.82, 2.24) is 5.32 Å². The molecule has 65 heavy (non-hydrogen) atoms. The predicted octanol–water partition coefficient (Wildman–Crippen LogP) is 17.9. The first kappa shape index (κ1) is 61.5. The molecule has 368 valence electrons. The van der Waals surface area contributed by atoms with Gasteiger partial charge in [-0.05, 0) is 109 Å². The molecule has 0 saturated heterocycles. The SMILES string of the molecule is CC/C=C\C/C=C\C/C=C\C/C=C\C/C=C\C/C=C\C/C=C\C/C=C\CCCCCCCCCCC(=O)NC(CO)C(O)/C=C/CC/C=C/CC/C=C/CCCCCCCCCCCC. The van der Waals surface area contributed by atoms with Crippen molar-refractivity contribution >= 4 is 5.91 Å². The minimum absolute atomic E-state index is 0.0922. The molecule has 0 aliphatic carbocycles. The molecule has 0 rings (SSSR count).